The predicted molar refractivity (Wildman–Crippen MR) is 72.3 cm³/mol. The molecule has 0 aliphatic carbocycles. The Morgan fingerprint density at radius 1 is 1.42 bits per heavy atom. The van der Waals surface area contributed by atoms with Crippen molar-refractivity contribution in [3.05, 3.63) is 33.9 Å². The average molecular weight is 263 g/mol. The van der Waals surface area contributed by atoms with E-state index in [4.69, 9.17) is 0 Å². The third kappa shape index (κ3) is 2.90. The Hall–Kier alpha value is -1.95. The van der Waals surface area contributed by atoms with E-state index in [-0.39, 0.29) is 18.0 Å². The van der Waals surface area contributed by atoms with Crippen LogP contribution in [0.4, 0.5) is 11.4 Å². The lowest BCUT2D eigenvalue weighted by atomic mass is 10.1. The number of nitrogens with zero attached hydrogens (tertiary/aromatic N) is 2. The fourth-order valence-corrected chi connectivity index (χ4v) is 2.22. The number of rotatable bonds is 6. The van der Waals surface area contributed by atoms with Crippen molar-refractivity contribution in [3.63, 3.8) is 0 Å². The molecule has 0 unspecified atom stereocenters. The molecule has 1 aromatic rings. The monoisotopic (exact) mass is 263 g/mol. The summed E-state index contributed by atoms with van der Waals surface area (Å²) in [5, 5.41) is 13.9. The first-order chi connectivity index (χ1) is 9.13. The van der Waals surface area contributed by atoms with Gasteiger partial charge in [-0.3, -0.25) is 14.9 Å². The van der Waals surface area contributed by atoms with Gasteiger partial charge in [0, 0.05) is 30.9 Å². The number of nitrogens with one attached hydrogen (secondary N) is 1. The van der Waals surface area contributed by atoms with Crippen molar-refractivity contribution in [2.75, 3.05) is 24.5 Å². The first kappa shape index (κ1) is 13.5. The molecule has 1 heterocycles. The molecule has 1 aliphatic heterocycles. The van der Waals surface area contributed by atoms with E-state index >= 15 is 0 Å². The lowest BCUT2D eigenvalue weighted by Crippen LogP contribution is -2.34. The molecule has 102 valence electrons. The summed E-state index contributed by atoms with van der Waals surface area (Å²) in [5.41, 5.74) is 1.58. The zero-order valence-electron chi connectivity index (χ0n) is 10.9. The maximum atomic E-state index is 11.9. The van der Waals surface area contributed by atoms with Crippen molar-refractivity contribution in [2.45, 2.75) is 19.8 Å². The molecule has 1 aromatic carbocycles. The molecule has 6 nitrogen and oxygen atoms in total. The van der Waals surface area contributed by atoms with Gasteiger partial charge in [-0.2, -0.15) is 0 Å². The van der Waals surface area contributed by atoms with Gasteiger partial charge in [0.1, 0.15) is 0 Å². The predicted octanol–water partition coefficient (Wildman–Crippen LogP) is 1.48. The number of nitro benzene ring substituents is 1. The van der Waals surface area contributed by atoms with Crippen LogP contribution in [0.3, 0.4) is 0 Å². The molecule has 0 fully saturated rings. The van der Waals surface area contributed by atoms with Crippen LogP contribution in [-0.2, 0) is 11.2 Å². The van der Waals surface area contributed by atoms with Crippen LogP contribution in [-0.4, -0.2) is 30.5 Å². The Morgan fingerprint density at radius 2 is 2.21 bits per heavy atom. The largest absolute Gasteiger partial charge is 0.315 e. The Balaban J connectivity index is 2.09. The fourth-order valence-electron chi connectivity index (χ4n) is 2.22. The number of nitro groups is 1. The van der Waals surface area contributed by atoms with E-state index in [1.807, 2.05) is 0 Å². The Bertz CT molecular complexity index is 502. The summed E-state index contributed by atoms with van der Waals surface area (Å²) >= 11 is 0. The number of anilines is 1. The van der Waals surface area contributed by atoms with Crippen LogP contribution in [0.25, 0.3) is 0 Å². The van der Waals surface area contributed by atoms with E-state index in [2.05, 4.69) is 12.2 Å². The second-order valence-corrected chi connectivity index (χ2v) is 4.54. The first-order valence-electron chi connectivity index (χ1n) is 6.42. The number of hydrogen-bond acceptors (Lipinski definition) is 4. The summed E-state index contributed by atoms with van der Waals surface area (Å²) in [7, 11) is 0. The van der Waals surface area contributed by atoms with Gasteiger partial charge in [-0.05, 0) is 24.6 Å². The van der Waals surface area contributed by atoms with Crippen LogP contribution in [0.2, 0.25) is 0 Å². The number of amides is 1. The highest BCUT2D eigenvalue weighted by Gasteiger charge is 2.28. The van der Waals surface area contributed by atoms with E-state index < -0.39 is 4.92 Å². The highest BCUT2D eigenvalue weighted by atomic mass is 16.6. The number of fused-ring (bicyclic) bond motifs is 1. The Morgan fingerprint density at radius 3 is 2.89 bits per heavy atom. The number of non-ortho nitro benzene ring substituents is 1. The van der Waals surface area contributed by atoms with Gasteiger partial charge >= 0.3 is 0 Å². The van der Waals surface area contributed by atoms with Crippen LogP contribution in [0.1, 0.15) is 18.9 Å². The summed E-state index contributed by atoms with van der Waals surface area (Å²) in [4.78, 5) is 23.9. The van der Waals surface area contributed by atoms with Crippen molar-refractivity contribution < 1.29 is 9.72 Å². The molecule has 0 radical (unpaired) electrons. The molecule has 0 saturated heterocycles. The van der Waals surface area contributed by atoms with Crippen LogP contribution in [0, 0.1) is 10.1 Å². The summed E-state index contributed by atoms with van der Waals surface area (Å²) in [6.07, 6.45) is 1.31. The van der Waals surface area contributed by atoms with E-state index in [0.29, 0.717) is 6.54 Å². The molecular weight excluding hydrogens is 246 g/mol. The van der Waals surface area contributed by atoms with Crippen molar-refractivity contribution in [1.82, 2.24) is 5.32 Å². The third-order valence-corrected chi connectivity index (χ3v) is 3.15. The maximum Gasteiger partial charge on any atom is 0.269 e. The average Bonchev–Trinajstić information content (AvgIpc) is 2.69. The molecule has 0 spiro atoms. The van der Waals surface area contributed by atoms with Gasteiger partial charge in [0.15, 0.2) is 0 Å². The van der Waals surface area contributed by atoms with Gasteiger partial charge < -0.3 is 10.2 Å². The van der Waals surface area contributed by atoms with Gasteiger partial charge in [-0.15, -0.1) is 0 Å². The molecule has 0 atom stereocenters. The third-order valence-electron chi connectivity index (χ3n) is 3.15. The molecule has 0 bridgehead atoms. The zero-order chi connectivity index (χ0) is 13.8. The lowest BCUT2D eigenvalue weighted by Gasteiger charge is -2.17. The highest BCUT2D eigenvalue weighted by Crippen LogP contribution is 2.31. The zero-order valence-corrected chi connectivity index (χ0v) is 10.9. The smallest absolute Gasteiger partial charge is 0.269 e. The Labute approximate surface area is 111 Å². The summed E-state index contributed by atoms with van der Waals surface area (Å²) in [6.45, 7) is 4.34. The first-order valence-corrected chi connectivity index (χ1v) is 6.42. The van der Waals surface area contributed by atoms with E-state index in [1.165, 1.54) is 12.1 Å². The standard InChI is InChI=1S/C13H17N3O3/c1-2-5-14-6-7-15-12-4-3-11(16(18)19)8-10(12)9-13(15)17/h3-4,8,14H,2,5-7,9H2,1H3. The molecule has 1 aliphatic rings. The van der Waals surface area contributed by atoms with E-state index in [1.54, 1.807) is 11.0 Å². The molecule has 0 saturated carbocycles. The minimum Gasteiger partial charge on any atom is -0.315 e. The number of carbonyl (C=O) groups is 1. The fraction of sp³-hybridized carbons (Fsp3) is 0.462. The quantitative estimate of drug-likeness (QED) is 0.479. The Kier molecular flexibility index (Phi) is 4.11. The summed E-state index contributed by atoms with van der Waals surface area (Å²) < 4.78 is 0. The number of carbonyl (C=O) groups excluding carboxylic acids is 1. The van der Waals surface area contributed by atoms with Crippen LogP contribution >= 0.6 is 0 Å². The molecule has 1 amide bonds. The molecule has 0 aromatic heterocycles. The van der Waals surface area contributed by atoms with Crippen LogP contribution in [0.15, 0.2) is 18.2 Å². The van der Waals surface area contributed by atoms with E-state index in [0.717, 1.165) is 30.8 Å². The van der Waals surface area contributed by atoms with Crippen molar-refractivity contribution in [2.24, 2.45) is 0 Å². The SMILES string of the molecule is CCCNCCN1C(=O)Cc2cc([N+](=O)[O-])ccc21. The molecule has 6 heteroatoms. The minimum absolute atomic E-state index is 0.00814. The lowest BCUT2D eigenvalue weighted by molar-refractivity contribution is -0.384. The second-order valence-electron chi connectivity index (χ2n) is 4.54. The van der Waals surface area contributed by atoms with Gasteiger partial charge in [0.2, 0.25) is 5.91 Å². The van der Waals surface area contributed by atoms with Crippen molar-refractivity contribution in [1.29, 1.82) is 0 Å². The van der Waals surface area contributed by atoms with Crippen molar-refractivity contribution >= 4 is 17.3 Å². The highest BCUT2D eigenvalue weighted by molar-refractivity contribution is 6.01. The normalized spacial score (nSPS) is 13.7. The molecular formula is C13H17N3O3. The van der Waals surface area contributed by atoms with Gasteiger partial charge in [0.05, 0.1) is 11.3 Å². The van der Waals surface area contributed by atoms with Gasteiger partial charge in [-0.25, -0.2) is 0 Å². The molecule has 1 N–H and O–H groups in total. The topological polar surface area (TPSA) is 75.5 Å². The van der Waals surface area contributed by atoms with Crippen LogP contribution in [0.5, 0.6) is 0 Å². The molecule has 2 rings (SSSR count). The maximum absolute atomic E-state index is 11.9. The number of hydrogen-bond donors (Lipinski definition) is 1. The van der Waals surface area contributed by atoms with Gasteiger partial charge in [-0.1, -0.05) is 6.92 Å². The summed E-state index contributed by atoms with van der Waals surface area (Å²) in [6, 6.07) is 4.61. The van der Waals surface area contributed by atoms with E-state index in [9.17, 15) is 14.9 Å². The number of benzene rings is 1. The van der Waals surface area contributed by atoms with Gasteiger partial charge in [0.25, 0.3) is 5.69 Å². The van der Waals surface area contributed by atoms with Crippen molar-refractivity contribution in [3.8, 4) is 0 Å². The molecule has 19 heavy (non-hydrogen) atoms. The minimum atomic E-state index is -0.434. The second kappa shape index (κ2) is 5.79. The summed E-state index contributed by atoms with van der Waals surface area (Å²) in [5.74, 6) is 0.00814. The van der Waals surface area contributed by atoms with Crippen LogP contribution < -0.4 is 10.2 Å².